The van der Waals surface area contributed by atoms with Crippen molar-refractivity contribution in [1.29, 1.82) is 0 Å². The number of nitrogens with one attached hydrogen (secondary N) is 1. The molecule has 18 heavy (non-hydrogen) atoms. The molecule has 1 aliphatic rings. The minimum Gasteiger partial charge on any atom is -0.317 e. The van der Waals surface area contributed by atoms with E-state index < -0.39 is 0 Å². The Morgan fingerprint density at radius 2 is 1.78 bits per heavy atom. The third-order valence-electron chi connectivity index (χ3n) is 3.67. The van der Waals surface area contributed by atoms with Crippen molar-refractivity contribution in [3.8, 4) is 0 Å². The Bertz CT molecular complexity index is 596. The highest BCUT2D eigenvalue weighted by Crippen LogP contribution is 2.22. The summed E-state index contributed by atoms with van der Waals surface area (Å²) in [6.45, 7) is 2.00. The molecule has 0 radical (unpaired) electrons. The minimum absolute atomic E-state index is 0. The SMILES string of the molecule is Cl.Cn1c(=O)n(C2CCNCC2)c2ccccc21. The second kappa shape index (κ2) is 5.16. The molecule has 0 unspecified atom stereocenters. The van der Waals surface area contributed by atoms with Crippen molar-refractivity contribution in [3.63, 3.8) is 0 Å². The van der Waals surface area contributed by atoms with E-state index in [2.05, 4.69) is 5.32 Å². The van der Waals surface area contributed by atoms with E-state index in [1.807, 2.05) is 35.9 Å². The Hall–Kier alpha value is -1.26. The van der Waals surface area contributed by atoms with E-state index in [1.165, 1.54) is 0 Å². The summed E-state index contributed by atoms with van der Waals surface area (Å²) >= 11 is 0. The van der Waals surface area contributed by atoms with Crippen molar-refractivity contribution in [3.05, 3.63) is 34.7 Å². The largest absolute Gasteiger partial charge is 0.329 e. The molecule has 0 aliphatic carbocycles. The second-order valence-electron chi connectivity index (χ2n) is 4.68. The van der Waals surface area contributed by atoms with Gasteiger partial charge in [0, 0.05) is 13.1 Å². The van der Waals surface area contributed by atoms with Crippen molar-refractivity contribution < 1.29 is 0 Å². The Labute approximate surface area is 112 Å². The van der Waals surface area contributed by atoms with E-state index in [-0.39, 0.29) is 18.1 Å². The third kappa shape index (κ3) is 1.95. The molecule has 3 rings (SSSR count). The maximum atomic E-state index is 12.3. The Morgan fingerprint density at radius 3 is 2.44 bits per heavy atom. The number of hydrogen-bond donors (Lipinski definition) is 1. The van der Waals surface area contributed by atoms with E-state index in [0.717, 1.165) is 37.0 Å². The fourth-order valence-corrected chi connectivity index (χ4v) is 2.74. The molecule has 0 atom stereocenters. The van der Waals surface area contributed by atoms with Crippen LogP contribution in [0.25, 0.3) is 11.0 Å². The first-order chi connectivity index (χ1) is 8.29. The molecule has 5 heteroatoms. The van der Waals surface area contributed by atoms with Crippen molar-refractivity contribution >= 4 is 23.4 Å². The normalized spacial score (nSPS) is 16.7. The van der Waals surface area contributed by atoms with Gasteiger partial charge in [-0.25, -0.2) is 4.79 Å². The van der Waals surface area contributed by atoms with Crippen molar-refractivity contribution in [1.82, 2.24) is 14.5 Å². The number of piperidine rings is 1. The maximum Gasteiger partial charge on any atom is 0.329 e. The van der Waals surface area contributed by atoms with Gasteiger partial charge in [-0.2, -0.15) is 0 Å². The summed E-state index contributed by atoms with van der Waals surface area (Å²) in [6.07, 6.45) is 2.07. The zero-order valence-corrected chi connectivity index (χ0v) is 11.2. The first kappa shape index (κ1) is 13.2. The summed E-state index contributed by atoms with van der Waals surface area (Å²) in [4.78, 5) is 12.3. The van der Waals surface area contributed by atoms with Crippen molar-refractivity contribution in [2.45, 2.75) is 18.9 Å². The van der Waals surface area contributed by atoms with Crippen LogP contribution in [0, 0.1) is 0 Å². The van der Waals surface area contributed by atoms with Gasteiger partial charge >= 0.3 is 5.69 Å². The van der Waals surface area contributed by atoms with Crippen LogP contribution >= 0.6 is 12.4 Å². The van der Waals surface area contributed by atoms with Crippen LogP contribution in [-0.4, -0.2) is 22.2 Å². The summed E-state index contributed by atoms with van der Waals surface area (Å²) in [7, 11) is 1.85. The predicted octanol–water partition coefficient (Wildman–Crippen LogP) is 1.69. The van der Waals surface area contributed by atoms with E-state index in [0.29, 0.717) is 6.04 Å². The number of rotatable bonds is 1. The highest BCUT2D eigenvalue weighted by atomic mass is 35.5. The Morgan fingerprint density at radius 1 is 1.17 bits per heavy atom. The highest BCUT2D eigenvalue weighted by molar-refractivity contribution is 5.85. The highest BCUT2D eigenvalue weighted by Gasteiger charge is 2.20. The first-order valence-electron chi connectivity index (χ1n) is 6.15. The minimum atomic E-state index is 0. The van der Waals surface area contributed by atoms with Gasteiger partial charge in [0.1, 0.15) is 0 Å². The molecule has 0 spiro atoms. The number of nitrogens with zero attached hydrogens (tertiary/aromatic N) is 2. The predicted molar refractivity (Wildman–Crippen MR) is 75.6 cm³/mol. The number of hydrogen-bond acceptors (Lipinski definition) is 2. The van der Waals surface area contributed by atoms with Crippen molar-refractivity contribution in [2.75, 3.05) is 13.1 Å². The van der Waals surface area contributed by atoms with Crippen LogP contribution in [0.5, 0.6) is 0 Å². The van der Waals surface area contributed by atoms with Gasteiger partial charge in [-0.05, 0) is 38.1 Å². The monoisotopic (exact) mass is 267 g/mol. The van der Waals surface area contributed by atoms with Gasteiger partial charge in [0.25, 0.3) is 0 Å². The molecule has 98 valence electrons. The molecule has 1 N–H and O–H groups in total. The van der Waals surface area contributed by atoms with Gasteiger partial charge in [-0.15, -0.1) is 12.4 Å². The molecule has 1 aromatic heterocycles. The zero-order chi connectivity index (χ0) is 11.8. The smallest absolute Gasteiger partial charge is 0.317 e. The van der Waals surface area contributed by atoms with Crippen LogP contribution < -0.4 is 11.0 Å². The quantitative estimate of drug-likeness (QED) is 0.854. The molecule has 1 aromatic carbocycles. The summed E-state index contributed by atoms with van der Waals surface area (Å²) < 4.78 is 3.72. The average molecular weight is 268 g/mol. The molecule has 1 aliphatic heterocycles. The lowest BCUT2D eigenvalue weighted by Gasteiger charge is -2.23. The topological polar surface area (TPSA) is 39.0 Å². The lowest BCUT2D eigenvalue weighted by molar-refractivity contribution is 0.366. The van der Waals surface area contributed by atoms with Crippen molar-refractivity contribution in [2.24, 2.45) is 7.05 Å². The van der Waals surface area contributed by atoms with Crippen LogP contribution in [0.2, 0.25) is 0 Å². The second-order valence-corrected chi connectivity index (χ2v) is 4.68. The molecule has 2 heterocycles. The number of imidazole rings is 1. The fraction of sp³-hybridized carbons (Fsp3) is 0.462. The van der Waals surface area contributed by atoms with Gasteiger partial charge in [0.05, 0.1) is 11.0 Å². The number of aromatic nitrogens is 2. The molecule has 0 bridgehead atoms. The van der Waals surface area contributed by atoms with Crippen LogP contribution in [0.15, 0.2) is 29.1 Å². The van der Waals surface area contributed by atoms with E-state index >= 15 is 0 Å². The lowest BCUT2D eigenvalue weighted by atomic mass is 10.1. The number of halogens is 1. The summed E-state index contributed by atoms with van der Waals surface area (Å²) in [5, 5.41) is 3.34. The Balaban J connectivity index is 0.00000120. The van der Waals surface area contributed by atoms with E-state index in [9.17, 15) is 4.79 Å². The fourth-order valence-electron chi connectivity index (χ4n) is 2.74. The molecule has 4 nitrogen and oxygen atoms in total. The molecule has 1 saturated heterocycles. The molecule has 2 aromatic rings. The van der Waals surface area contributed by atoms with Crippen LogP contribution in [0.3, 0.4) is 0 Å². The molecular formula is C13H18ClN3O. The molecular weight excluding hydrogens is 250 g/mol. The van der Waals surface area contributed by atoms with Crippen LogP contribution in [0.1, 0.15) is 18.9 Å². The number of fused-ring (bicyclic) bond motifs is 1. The lowest BCUT2D eigenvalue weighted by Crippen LogP contribution is -2.34. The summed E-state index contributed by atoms with van der Waals surface area (Å²) in [5.74, 6) is 0. The summed E-state index contributed by atoms with van der Waals surface area (Å²) in [6, 6.07) is 8.37. The molecule has 0 saturated carbocycles. The van der Waals surface area contributed by atoms with Gasteiger partial charge in [0.15, 0.2) is 0 Å². The van der Waals surface area contributed by atoms with Gasteiger partial charge < -0.3 is 5.32 Å². The molecule has 1 fully saturated rings. The van der Waals surface area contributed by atoms with Crippen LogP contribution in [0.4, 0.5) is 0 Å². The third-order valence-corrected chi connectivity index (χ3v) is 3.67. The molecule has 0 amide bonds. The van der Waals surface area contributed by atoms with Gasteiger partial charge in [-0.1, -0.05) is 12.1 Å². The van der Waals surface area contributed by atoms with Crippen LogP contribution in [-0.2, 0) is 7.05 Å². The van der Waals surface area contributed by atoms with Gasteiger partial charge in [0.2, 0.25) is 0 Å². The number of aryl methyl sites for hydroxylation is 1. The van der Waals surface area contributed by atoms with Gasteiger partial charge in [-0.3, -0.25) is 9.13 Å². The number of benzene rings is 1. The zero-order valence-electron chi connectivity index (χ0n) is 10.4. The maximum absolute atomic E-state index is 12.3. The Kier molecular flexibility index (Phi) is 3.78. The standard InChI is InChI=1S/C13H17N3O.ClH/c1-15-11-4-2-3-5-12(11)16(13(15)17)10-6-8-14-9-7-10;/h2-5,10,14H,6-9H2,1H3;1H. The average Bonchev–Trinajstić information content (AvgIpc) is 2.64. The van der Waals surface area contributed by atoms with E-state index in [1.54, 1.807) is 4.57 Å². The first-order valence-corrected chi connectivity index (χ1v) is 6.15. The summed E-state index contributed by atoms with van der Waals surface area (Å²) in [5.41, 5.74) is 2.20. The number of para-hydroxylation sites is 2. The van der Waals surface area contributed by atoms with E-state index in [4.69, 9.17) is 0 Å².